The van der Waals surface area contributed by atoms with Crippen LogP contribution in [0.15, 0.2) is 107 Å². The normalized spacial score (nSPS) is 11.4. The zero-order valence-electron chi connectivity index (χ0n) is 21.6. The number of fused-ring (bicyclic) bond motifs is 2. The fourth-order valence-electron chi connectivity index (χ4n) is 4.97. The Bertz CT molecular complexity index is 2000. The van der Waals surface area contributed by atoms with Crippen LogP contribution in [0.3, 0.4) is 0 Å². The largest absolute Gasteiger partial charge is 0.274 e. The van der Waals surface area contributed by atoms with Gasteiger partial charge in [-0.15, -0.1) is 10.2 Å². The van der Waals surface area contributed by atoms with E-state index in [0.29, 0.717) is 23.2 Å². The van der Waals surface area contributed by atoms with E-state index in [1.54, 1.807) is 9.36 Å². The van der Waals surface area contributed by atoms with Crippen molar-refractivity contribution in [3.8, 4) is 34.2 Å². The number of para-hydroxylation sites is 2. The maximum absolute atomic E-state index is 12.3. The minimum atomic E-state index is -0.320. The number of hydrogen-bond donors (Lipinski definition) is 0. The summed E-state index contributed by atoms with van der Waals surface area (Å²) in [6.07, 6.45) is 0. The molecule has 0 N–H and O–H groups in total. The monoisotopic (exact) mass is 526 g/mol. The molecule has 40 heavy (non-hydrogen) atoms. The Labute approximate surface area is 227 Å². The standard InChI is InChI=1S/C30H22N8O2/c1-19-17-25(39)31-29-35(19)27(33-37(29)23-9-5-3-6-10-23)21-13-15-22(16-14-21)28-34-38(24-11-7-4-8-12-24)30-32-26(40)18-20(2)36(28)30/h3-18H,1-2H3. The van der Waals surface area contributed by atoms with Crippen molar-refractivity contribution >= 4 is 11.6 Å². The van der Waals surface area contributed by atoms with Gasteiger partial charge in [-0.1, -0.05) is 60.7 Å². The van der Waals surface area contributed by atoms with E-state index in [1.165, 1.54) is 12.1 Å². The molecular formula is C30H22N8O2. The molecule has 0 radical (unpaired) electrons. The molecule has 0 amide bonds. The van der Waals surface area contributed by atoms with E-state index >= 15 is 0 Å². The average Bonchev–Trinajstić information content (AvgIpc) is 3.54. The molecule has 0 fully saturated rings. The smallest absolute Gasteiger partial charge is 0.267 e. The van der Waals surface area contributed by atoms with Crippen LogP contribution >= 0.6 is 0 Å². The number of aromatic nitrogens is 8. The summed E-state index contributed by atoms with van der Waals surface area (Å²) >= 11 is 0. The summed E-state index contributed by atoms with van der Waals surface area (Å²) < 4.78 is 7.11. The van der Waals surface area contributed by atoms with Crippen molar-refractivity contribution in [1.29, 1.82) is 0 Å². The van der Waals surface area contributed by atoms with Crippen molar-refractivity contribution < 1.29 is 0 Å². The van der Waals surface area contributed by atoms with E-state index < -0.39 is 0 Å². The lowest BCUT2D eigenvalue weighted by Crippen LogP contribution is -2.12. The lowest BCUT2D eigenvalue weighted by molar-refractivity contribution is 0.893. The molecule has 7 rings (SSSR count). The van der Waals surface area contributed by atoms with Crippen molar-refractivity contribution in [3.63, 3.8) is 0 Å². The Hall–Kier alpha value is -5.64. The predicted octanol–water partition coefficient (Wildman–Crippen LogP) is 4.02. The number of benzene rings is 3. The lowest BCUT2D eigenvalue weighted by atomic mass is 10.1. The van der Waals surface area contributed by atoms with Gasteiger partial charge in [0, 0.05) is 34.6 Å². The first-order chi connectivity index (χ1) is 19.5. The van der Waals surface area contributed by atoms with Crippen LogP contribution in [0.2, 0.25) is 0 Å². The third-order valence-electron chi connectivity index (χ3n) is 6.79. The maximum atomic E-state index is 12.3. The van der Waals surface area contributed by atoms with E-state index in [-0.39, 0.29) is 11.1 Å². The molecule has 0 aliphatic rings. The van der Waals surface area contributed by atoms with E-state index in [2.05, 4.69) is 9.97 Å². The molecule has 0 aliphatic heterocycles. The highest BCUT2D eigenvalue weighted by Crippen LogP contribution is 2.27. The van der Waals surface area contributed by atoms with E-state index in [0.717, 1.165) is 33.9 Å². The molecule has 7 aromatic rings. The van der Waals surface area contributed by atoms with E-state index in [4.69, 9.17) is 10.2 Å². The van der Waals surface area contributed by atoms with Gasteiger partial charge in [-0.2, -0.15) is 19.3 Å². The summed E-state index contributed by atoms with van der Waals surface area (Å²) in [7, 11) is 0. The second-order valence-electron chi connectivity index (χ2n) is 9.46. The van der Waals surface area contributed by atoms with Gasteiger partial charge in [0.05, 0.1) is 11.4 Å². The fraction of sp³-hybridized carbons (Fsp3) is 0.0667. The molecule has 0 bridgehead atoms. The lowest BCUT2D eigenvalue weighted by Gasteiger charge is -2.05. The summed E-state index contributed by atoms with van der Waals surface area (Å²) in [5.74, 6) is 2.18. The summed E-state index contributed by atoms with van der Waals surface area (Å²) in [5, 5.41) is 9.72. The molecule has 10 heteroatoms. The van der Waals surface area contributed by atoms with Crippen LogP contribution in [0, 0.1) is 13.8 Å². The number of hydrogen-bond acceptors (Lipinski definition) is 6. The van der Waals surface area contributed by atoms with Crippen LogP contribution < -0.4 is 11.1 Å². The molecule has 0 saturated heterocycles. The van der Waals surface area contributed by atoms with Crippen LogP contribution in [-0.4, -0.2) is 38.3 Å². The summed E-state index contributed by atoms with van der Waals surface area (Å²) in [5.41, 5.74) is 4.10. The molecular weight excluding hydrogens is 504 g/mol. The highest BCUT2D eigenvalue weighted by atomic mass is 16.1. The molecule has 4 aromatic heterocycles. The van der Waals surface area contributed by atoms with Crippen LogP contribution in [0.5, 0.6) is 0 Å². The SMILES string of the molecule is Cc1cc(=O)nc2n(-c3ccccc3)nc(-c3ccc(-c4nn(-c5ccccc5)c5nc(=O)cc(C)n45)cc3)n12. The summed E-state index contributed by atoms with van der Waals surface area (Å²) in [6.45, 7) is 3.73. The van der Waals surface area contributed by atoms with Gasteiger partial charge >= 0.3 is 0 Å². The van der Waals surface area contributed by atoms with Crippen molar-refractivity contribution in [3.05, 3.63) is 129 Å². The molecule has 0 spiro atoms. The van der Waals surface area contributed by atoms with Crippen molar-refractivity contribution in [2.45, 2.75) is 13.8 Å². The molecule has 4 heterocycles. The minimum Gasteiger partial charge on any atom is -0.267 e. The van der Waals surface area contributed by atoms with E-state index in [1.807, 2.05) is 108 Å². The van der Waals surface area contributed by atoms with E-state index in [9.17, 15) is 9.59 Å². The number of rotatable bonds is 4. The summed E-state index contributed by atoms with van der Waals surface area (Å²) in [4.78, 5) is 33.1. The van der Waals surface area contributed by atoms with Gasteiger partial charge in [0.15, 0.2) is 11.6 Å². The Balaban J connectivity index is 1.40. The van der Waals surface area contributed by atoms with Crippen molar-refractivity contribution in [2.24, 2.45) is 0 Å². The molecule has 3 aromatic carbocycles. The first-order valence-corrected chi connectivity index (χ1v) is 12.7. The van der Waals surface area contributed by atoms with Crippen LogP contribution in [0.1, 0.15) is 11.4 Å². The second kappa shape index (κ2) is 8.98. The molecule has 0 saturated carbocycles. The molecule has 0 unspecified atom stereocenters. The van der Waals surface area contributed by atoms with Gasteiger partial charge in [0.25, 0.3) is 11.1 Å². The zero-order chi connectivity index (χ0) is 27.4. The van der Waals surface area contributed by atoms with Gasteiger partial charge in [-0.05, 0) is 38.1 Å². The second-order valence-corrected chi connectivity index (χ2v) is 9.46. The van der Waals surface area contributed by atoms with Gasteiger partial charge in [0.1, 0.15) is 0 Å². The minimum absolute atomic E-state index is 0.320. The molecule has 194 valence electrons. The topological polar surface area (TPSA) is 104 Å². The van der Waals surface area contributed by atoms with Crippen molar-refractivity contribution in [1.82, 2.24) is 38.3 Å². The van der Waals surface area contributed by atoms with Gasteiger partial charge in [-0.25, -0.2) is 0 Å². The fourth-order valence-corrected chi connectivity index (χ4v) is 4.97. The average molecular weight is 527 g/mol. The third-order valence-corrected chi connectivity index (χ3v) is 6.79. The van der Waals surface area contributed by atoms with Crippen LogP contribution in [0.4, 0.5) is 0 Å². The van der Waals surface area contributed by atoms with Gasteiger partial charge in [-0.3, -0.25) is 18.4 Å². The van der Waals surface area contributed by atoms with Crippen LogP contribution in [0.25, 0.3) is 45.7 Å². The van der Waals surface area contributed by atoms with Gasteiger partial charge in [0.2, 0.25) is 11.6 Å². The Kier molecular flexibility index (Phi) is 5.27. The third kappa shape index (κ3) is 3.73. The van der Waals surface area contributed by atoms with Crippen molar-refractivity contribution in [2.75, 3.05) is 0 Å². The highest BCUT2D eigenvalue weighted by molar-refractivity contribution is 5.67. The zero-order valence-corrected chi connectivity index (χ0v) is 21.6. The number of nitrogens with zero attached hydrogens (tertiary/aromatic N) is 8. The maximum Gasteiger partial charge on any atom is 0.274 e. The molecule has 0 atom stereocenters. The Morgan fingerprint density at radius 3 is 1.27 bits per heavy atom. The Morgan fingerprint density at radius 2 is 0.900 bits per heavy atom. The quantitative estimate of drug-likeness (QED) is 0.343. The highest BCUT2D eigenvalue weighted by Gasteiger charge is 2.19. The summed E-state index contributed by atoms with van der Waals surface area (Å²) in [6, 6.07) is 30.0. The first-order valence-electron chi connectivity index (χ1n) is 12.7. The molecule has 0 aliphatic carbocycles. The Morgan fingerprint density at radius 1 is 0.525 bits per heavy atom. The van der Waals surface area contributed by atoms with Gasteiger partial charge < -0.3 is 0 Å². The molecule has 10 nitrogen and oxygen atoms in total. The number of aryl methyl sites for hydroxylation is 2. The first kappa shape index (κ1) is 23.5. The predicted molar refractivity (Wildman–Crippen MR) is 151 cm³/mol. The van der Waals surface area contributed by atoms with Crippen LogP contribution in [-0.2, 0) is 0 Å².